The zero-order valence-electron chi connectivity index (χ0n) is 14.0. The van der Waals surface area contributed by atoms with Gasteiger partial charge in [0.05, 0.1) is 6.61 Å². The first kappa shape index (κ1) is 18.1. The lowest BCUT2D eigenvalue weighted by atomic mass is 10.0. The number of urea groups is 1. The number of rotatable bonds is 8. The van der Waals surface area contributed by atoms with Crippen LogP contribution in [0.2, 0.25) is 0 Å². The van der Waals surface area contributed by atoms with E-state index in [0.29, 0.717) is 25.5 Å². The predicted octanol–water partition coefficient (Wildman–Crippen LogP) is 1.25. The number of aromatic nitrogens is 3. The number of hydrogen-bond donors (Lipinski definition) is 1. The summed E-state index contributed by atoms with van der Waals surface area (Å²) in [6.45, 7) is 3.67. The van der Waals surface area contributed by atoms with Gasteiger partial charge in [-0.3, -0.25) is 0 Å². The number of thioether (sulfide) groups is 1. The molecule has 2 rings (SSSR count). The van der Waals surface area contributed by atoms with E-state index < -0.39 is 0 Å². The van der Waals surface area contributed by atoms with E-state index in [2.05, 4.69) is 21.8 Å². The standard InChI is InChI=1S/C15H27N5O2S/c1-22-9-8-20-12-17-18-14(20)5-6-16-15(21)19-7-3-4-13(10-19)11-23-2/h12-13H,3-11H2,1-2H3,(H,16,21)/t13-/m1/s1. The number of ether oxygens (including phenoxy) is 1. The minimum absolute atomic E-state index is 0.0405. The highest BCUT2D eigenvalue weighted by molar-refractivity contribution is 7.98. The zero-order chi connectivity index (χ0) is 16.5. The summed E-state index contributed by atoms with van der Waals surface area (Å²) >= 11 is 1.86. The first-order chi connectivity index (χ1) is 11.2. The number of likely N-dealkylation sites (tertiary alicyclic amines) is 1. The molecule has 8 heteroatoms. The number of hydrogen-bond acceptors (Lipinski definition) is 5. The number of carbonyl (C=O) groups is 1. The molecule has 0 aliphatic carbocycles. The maximum atomic E-state index is 12.3. The van der Waals surface area contributed by atoms with Gasteiger partial charge < -0.3 is 19.5 Å². The Morgan fingerprint density at radius 1 is 1.57 bits per heavy atom. The molecule has 7 nitrogen and oxygen atoms in total. The third kappa shape index (κ3) is 5.69. The first-order valence-corrected chi connectivity index (χ1v) is 9.51. The second kappa shape index (κ2) is 9.77. The van der Waals surface area contributed by atoms with Gasteiger partial charge in [-0.2, -0.15) is 11.8 Å². The van der Waals surface area contributed by atoms with Gasteiger partial charge in [0.15, 0.2) is 0 Å². The van der Waals surface area contributed by atoms with E-state index in [1.807, 2.05) is 21.2 Å². The summed E-state index contributed by atoms with van der Waals surface area (Å²) in [6, 6.07) is 0.0405. The molecule has 0 aromatic carbocycles. The van der Waals surface area contributed by atoms with Crippen molar-refractivity contribution in [1.29, 1.82) is 0 Å². The fourth-order valence-corrected chi connectivity index (χ4v) is 3.61. The molecular formula is C15H27N5O2S. The van der Waals surface area contributed by atoms with Crippen LogP contribution in [0.1, 0.15) is 18.7 Å². The van der Waals surface area contributed by atoms with Gasteiger partial charge in [-0.1, -0.05) is 0 Å². The van der Waals surface area contributed by atoms with Crippen molar-refractivity contribution in [2.24, 2.45) is 5.92 Å². The molecule has 0 spiro atoms. The molecule has 2 heterocycles. The molecule has 0 bridgehead atoms. The minimum atomic E-state index is 0.0405. The topological polar surface area (TPSA) is 72.3 Å². The van der Waals surface area contributed by atoms with Gasteiger partial charge in [-0.05, 0) is 30.8 Å². The Kier molecular flexibility index (Phi) is 7.67. The fourth-order valence-electron chi connectivity index (χ4n) is 2.86. The number of amides is 2. The van der Waals surface area contributed by atoms with Gasteiger partial charge in [0.2, 0.25) is 0 Å². The van der Waals surface area contributed by atoms with E-state index in [1.54, 1.807) is 13.4 Å². The molecule has 23 heavy (non-hydrogen) atoms. The van der Waals surface area contributed by atoms with Gasteiger partial charge in [0, 0.05) is 39.7 Å². The Morgan fingerprint density at radius 3 is 3.22 bits per heavy atom. The van der Waals surface area contributed by atoms with Crippen LogP contribution in [-0.2, 0) is 17.7 Å². The second-order valence-electron chi connectivity index (χ2n) is 5.82. The number of piperidine rings is 1. The van der Waals surface area contributed by atoms with Crippen molar-refractivity contribution in [3.63, 3.8) is 0 Å². The lowest BCUT2D eigenvalue weighted by Gasteiger charge is -2.32. The Bertz CT molecular complexity index is 480. The van der Waals surface area contributed by atoms with Crippen molar-refractivity contribution in [3.8, 4) is 0 Å². The summed E-state index contributed by atoms with van der Waals surface area (Å²) in [4.78, 5) is 14.2. The molecule has 1 aromatic rings. The van der Waals surface area contributed by atoms with Crippen LogP contribution in [-0.4, -0.2) is 71.1 Å². The molecule has 1 N–H and O–H groups in total. The average Bonchev–Trinajstić information content (AvgIpc) is 3.01. The van der Waals surface area contributed by atoms with Gasteiger partial charge >= 0.3 is 6.03 Å². The Hall–Kier alpha value is -1.28. The summed E-state index contributed by atoms with van der Waals surface area (Å²) in [5.74, 6) is 2.63. The van der Waals surface area contributed by atoms with E-state index in [4.69, 9.17) is 4.74 Å². The number of carbonyl (C=O) groups excluding carboxylic acids is 1. The van der Waals surface area contributed by atoms with Crippen molar-refractivity contribution in [2.75, 3.05) is 45.4 Å². The van der Waals surface area contributed by atoms with Crippen LogP contribution in [0.5, 0.6) is 0 Å². The van der Waals surface area contributed by atoms with E-state index in [1.165, 1.54) is 6.42 Å². The number of methoxy groups -OCH3 is 1. The molecule has 0 unspecified atom stereocenters. The number of nitrogens with zero attached hydrogens (tertiary/aromatic N) is 4. The summed E-state index contributed by atoms with van der Waals surface area (Å²) in [5.41, 5.74) is 0. The molecule has 1 atom stereocenters. The minimum Gasteiger partial charge on any atom is -0.383 e. The molecule has 1 saturated heterocycles. The highest BCUT2D eigenvalue weighted by Crippen LogP contribution is 2.19. The SMILES string of the molecule is COCCn1cnnc1CCNC(=O)N1CCC[C@@H](CSC)C1. The second-order valence-corrected chi connectivity index (χ2v) is 6.74. The monoisotopic (exact) mass is 341 g/mol. The molecule has 2 amide bonds. The first-order valence-electron chi connectivity index (χ1n) is 8.12. The largest absolute Gasteiger partial charge is 0.383 e. The molecule has 1 aliphatic rings. The molecule has 1 aromatic heterocycles. The quantitative estimate of drug-likeness (QED) is 0.770. The van der Waals surface area contributed by atoms with Crippen LogP contribution in [0.3, 0.4) is 0 Å². The molecule has 130 valence electrons. The Labute approximate surface area is 142 Å². The molecule has 1 aliphatic heterocycles. The Balaban J connectivity index is 1.73. The van der Waals surface area contributed by atoms with Crippen LogP contribution in [0.4, 0.5) is 4.79 Å². The summed E-state index contributed by atoms with van der Waals surface area (Å²) in [6.07, 6.45) is 6.83. The third-order valence-electron chi connectivity index (χ3n) is 4.07. The highest BCUT2D eigenvalue weighted by atomic mass is 32.2. The van der Waals surface area contributed by atoms with Crippen LogP contribution in [0.25, 0.3) is 0 Å². The van der Waals surface area contributed by atoms with Crippen molar-refractivity contribution < 1.29 is 9.53 Å². The van der Waals surface area contributed by atoms with Crippen molar-refractivity contribution >= 4 is 17.8 Å². The molecular weight excluding hydrogens is 314 g/mol. The van der Waals surface area contributed by atoms with Crippen molar-refractivity contribution in [1.82, 2.24) is 25.0 Å². The van der Waals surface area contributed by atoms with E-state index in [0.717, 1.165) is 37.6 Å². The normalized spacial score (nSPS) is 18.2. The van der Waals surface area contributed by atoms with Gasteiger partial charge in [-0.25, -0.2) is 4.79 Å². The van der Waals surface area contributed by atoms with Crippen LogP contribution < -0.4 is 5.32 Å². The maximum Gasteiger partial charge on any atom is 0.317 e. The van der Waals surface area contributed by atoms with E-state index in [9.17, 15) is 4.79 Å². The fraction of sp³-hybridized carbons (Fsp3) is 0.800. The smallest absolute Gasteiger partial charge is 0.317 e. The highest BCUT2D eigenvalue weighted by Gasteiger charge is 2.23. The van der Waals surface area contributed by atoms with Crippen LogP contribution >= 0.6 is 11.8 Å². The van der Waals surface area contributed by atoms with Gasteiger partial charge in [-0.15, -0.1) is 10.2 Å². The summed E-state index contributed by atoms with van der Waals surface area (Å²) in [7, 11) is 1.67. The van der Waals surface area contributed by atoms with Crippen LogP contribution in [0.15, 0.2) is 6.33 Å². The lowest BCUT2D eigenvalue weighted by molar-refractivity contribution is 0.171. The van der Waals surface area contributed by atoms with Gasteiger partial charge in [0.1, 0.15) is 12.2 Å². The molecule has 0 saturated carbocycles. The summed E-state index contributed by atoms with van der Waals surface area (Å²) < 4.78 is 7.03. The van der Waals surface area contributed by atoms with E-state index >= 15 is 0 Å². The van der Waals surface area contributed by atoms with Crippen molar-refractivity contribution in [3.05, 3.63) is 12.2 Å². The average molecular weight is 341 g/mol. The lowest BCUT2D eigenvalue weighted by Crippen LogP contribution is -2.46. The van der Waals surface area contributed by atoms with Crippen LogP contribution in [0, 0.1) is 5.92 Å². The number of nitrogens with one attached hydrogen (secondary N) is 1. The third-order valence-corrected chi connectivity index (χ3v) is 4.87. The predicted molar refractivity (Wildman–Crippen MR) is 91.7 cm³/mol. The zero-order valence-corrected chi connectivity index (χ0v) is 14.8. The molecule has 0 radical (unpaired) electrons. The van der Waals surface area contributed by atoms with Gasteiger partial charge in [0.25, 0.3) is 0 Å². The van der Waals surface area contributed by atoms with E-state index in [-0.39, 0.29) is 6.03 Å². The summed E-state index contributed by atoms with van der Waals surface area (Å²) in [5, 5.41) is 11.0. The maximum absolute atomic E-state index is 12.3. The molecule has 1 fully saturated rings. The Morgan fingerprint density at radius 2 is 2.43 bits per heavy atom. The van der Waals surface area contributed by atoms with Crippen molar-refractivity contribution in [2.45, 2.75) is 25.8 Å².